The lowest BCUT2D eigenvalue weighted by atomic mass is 9.73. The van der Waals surface area contributed by atoms with Crippen molar-refractivity contribution in [2.45, 2.75) is 65.8 Å². The van der Waals surface area contributed by atoms with Gasteiger partial charge in [-0.15, -0.1) is 0 Å². The number of aliphatic hydroxyl groups excluding tert-OH is 2. The quantitative estimate of drug-likeness (QED) is 0.612. The monoisotopic (exact) mass is 334 g/mol. The molecule has 0 bridgehead atoms. The Balaban J connectivity index is 1.91. The van der Waals surface area contributed by atoms with E-state index in [1.165, 1.54) is 5.57 Å². The zero-order valence-corrected chi connectivity index (χ0v) is 15.2. The first-order valence-corrected chi connectivity index (χ1v) is 9.25. The van der Waals surface area contributed by atoms with Gasteiger partial charge in [0.05, 0.1) is 6.10 Å². The Morgan fingerprint density at radius 2 is 2.04 bits per heavy atom. The molecule has 0 amide bonds. The third kappa shape index (κ3) is 3.18. The smallest absolute Gasteiger partial charge is 0.337 e. The van der Waals surface area contributed by atoms with Crippen LogP contribution in [0.4, 0.5) is 0 Å². The Labute approximate surface area is 144 Å². The number of aliphatic hydroxyl groups is 2. The molecule has 0 aromatic rings. The van der Waals surface area contributed by atoms with Crippen LogP contribution in [0.3, 0.4) is 0 Å². The van der Waals surface area contributed by atoms with Gasteiger partial charge in [0.2, 0.25) is 6.29 Å². The highest BCUT2D eigenvalue weighted by atomic mass is 16.6. The molecule has 2 aliphatic carbocycles. The first-order chi connectivity index (χ1) is 11.3. The van der Waals surface area contributed by atoms with Crippen LogP contribution in [-0.2, 0) is 9.53 Å². The lowest BCUT2D eigenvalue weighted by molar-refractivity contribution is -0.153. The molecular weight excluding hydrogens is 304 g/mol. The van der Waals surface area contributed by atoms with Crippen LogP contribution in [0, 0.1) is 29.6 Å². The number of allylic oxidation sites excluding steroid dienone is 2. The van der Waals surface area contributed by atoms with Gasteiger partial charge in [-0.3, -0.25) is 0 Å². The molecule has 3 aliphatic rings. The molecule has 0 aromatic heterocycles. The minimum atomic E-state index is -1.17. The Morgan fingerprint density at radius 1 is 1.33 bits per heavy atom. The van der Waals surface area contributed by atoms with Crippen LogP contribution in [0.25, 0.3) is 0 Å². The summed E-state index contributed by atoms with van der Waals surface area (Å²) in [7, 11) is 0. The van der Waals surface area contributed by atoms with Crippen LogP contribution in [0.1, 0.15) is 53.4 Å². The lowest BCUT2D eigenvalue weighted by Crippen LogP contribution is -2.35. The molecule has 24 heavy (non-hydrogen) atoms. The summed E-state index contributed by atoms with van der Waals surface area (Å²) in [5, 5.41) is 21.2. The number of hydrogen-bond donors (Lipinski definition) is 2. The van der Waals surface area contributed by atoms with E-state index in [2.05, 4.69) is 33.8 Å². The van der Waals surface area contributed by atoms with Gasteiger partial charge in [-0.05, 0) is 63.2 Å². The van der Waals surface area contributed by atoms with E-state index < -0.39 is 12.4 Å². The molecule has 2 N–H and O–H groups in total. The van der Waals surface area contributed by atoms with Gasteiger partial charge in [-0.1, -0.05) is 25.5 Å². The van der Waals surface area contributed by atoms with Crippen molar-refractivity contribution in [2.75, 3.05) is 0 Å². The minimum absolute atomic E-state index is 0.187. The van der Waals surface area contributed by atoms with Crippen molar-refractivity contribution in [1.29, 1.82) is 0 Å². The van der Waals surface area contributed by atoms with Crippen molar-refractivity contribution >= 4 is 5.97 Å². The van der Waals surface area contributed by atoms with Gasteiger partial charge < -0.3 is 14.9 Å². The fraction of sp³-hybridized carbons (Fsp3) is 0.750. The van der Waals surface area contributed by atoms with Crippen molar-refractivity contribution in [3.63, 3.8) is 0 Å². The second-order valence-electron chi connectivity index (χ2n) is 8.27. The zero-order valence-electron chi connectivity index (χ0n) is 15.2. The molecule has 1 saturated carbocycles. The second-order valence-corrected chi connectivity index (χ2v) is 8.27. The fourth-order valence-corrected chi connectivity index (χ4v) is 4.77. The van der Waals surface area contributed by atoms with Crippen molar-refractivity contribution in [3.05, 3.63) is 22.8 Å². The van der Waals surface area contributed by atoms with Gasteiger partial charge in [0, 0.05) is 17.1 Å². The first-order valence-electron chi connectivity index (χ1n) is 9.25. The van der Waals surface area contributed by atoms with Crippen molar-refractivity contribution < 1.29 is 19.7 Å². The summed E-state index contributed by atoms with van der Waals surface area (Å²) in [5.41, 5.74) is 2.64. The molecule has 134 valence electrons. The predicted octanol–water partition coefficient (Wildman–Crippen LogP) is 3.19. The van der Waals surface area contributed by atoms with Gasteiger partial charge in [0.15, 0.2) is 0 Å². The Bertz CT molecular complexity index is 572. The number of ether oxygens (including phenoxy) is 1. The summed E-state index contributed by atoms with van der Waals surface area (Å²) in [4.78, 5) is 12.3. The number of esters is 1. The molecule has 4 nitrogen and oxygen atoms in total. The maximum absolute atomic E-state index is 12.3. The number of hydrogen-bond acceptors (Lipinski definition) is 4. The number of rotatable bonds is 4. The molecule has 1 fully saturated rings. The van der Waals surface area contributed by atoms with Gasteiger partial charge in [0.25, 0.3) is 0 Å². The van der Waals surface area contributed by atoms with Crippen LogP contribution in [-0.4, -0.2) is 28.6 Å². The molecule has 7 atom stereocenters. The third-order valence-electron chi connectivity index (χ3n) is 6.13. The largest absolute Gasteiger partial charge is 0.428 e. The van der Waals surface area contributed by atoms with E-state index in [0.29, 0.717) is 23.0 Å². The fourth-order valence-electron chi connectivity index (χ4n) is 4.77. The standard InChI is InChI=1S/C20H30O4/c1-10(2)6-5-7-11(3)16-15(21)8-12(4)13-9-14(13)17-18(16)20(23)24-19(17)22/h6,11-16,20-21,23H,5,7-9H2,1-4H3/t11?,12-,13+,14+,15-,16?,20+/m0/s1. The molecule has 0 spiro atoms. The van der Waals surface area contributed by atoms with Crippen molar-refractivity contribution in [2.24, 2.45) is 29.6 Å². The Morgan fingerprint density at radius 3 is 2.71 bits per heavy atom. The number of carbonyl (C=O) groups excluding carboxylic acids is 1. The molecule has 1 aliphatic heterocycles. The highest BCUT2D eigenvalue weighted by Crippen LogP contribution is 2.56. The van der Waals surface area contributed by atoms with Gasteiger partial charge >= 0.3 is 5.97 Å². The number of carbonyl (C=O) groups is 1. The number of fused-ring (bicyclic) bond motifs is 2. The molecule has 3 rings (SSSR count). The summed E-state index contributed by atoms with van der Waals surface area (Å²) in [6.45, 7) is 8.45. The Kier molecular flexibility index (Phi) is 4.89. The molecule has 2 unspecified atom stereocenters. The average molecular weight is 334 g/mol. The van der Waals surface area contributed by atoms with Crippen LogP contribution in [0.2, 0.25) is 0 Å². The van der Waals surface area contributed by atoms with E-state index >= 15 is 0 Å². The molecule has 0 radical (unpaired) electrons. The van der Waals surface area contributed by atoms with E-state index in [0.717, 1.165) is 25.7 Å². The van der Waals surface area contributed by atoms with Gasteiger partial charge in [0.1, 0.15) is 0 Å². The molecule has 4 heteroatoms. The summed E-state index contributed by atoms with van der Waals surface area (Å²) < 4.78 is 5.14. The summed E-state index contributed by atoms with van der Waals surface area (Å²) >= 11 is 0. The van der Waals surface area contributed by atoms with E-state index in [1.807, 2.05) is 0 Å². The third-order valence-corrected chi connectivity index (χ3v) is 6.13. The van der Waals surface area contributed by atoms with Crippen molar-refractivity contribution in [1.82, 2.24) is 0 Å². The van der Waals surface area contributed by atoms with Gasteiger partial charge in [-0.25, -0.2) is 4.79 Å². The van der Waals surface area contributed by atoms with Crippen LogP contribution < -0.4 is 0 Å². The molecule has 0 saturated heterocycles. The Hall–Kier alpha value is -1.13. The second kappa shape index (κ2) is 6.64. The zero-order chi connectivity index (χ0) is 17.6. The summed E-state index contributed by atoms with van der Waals surface area (Å²) in [6, 6.07) is 0. The van der Waals surface area contributed by atoms with Gasteiger partial charge in [-0.2, -0.15) is 0 Å². The highest BCUT2D eigenvalue weighted by Gasteiger charge is 2.54. The van der Waals surface area contributed by atoms with Crippen LogP contribution in [0.5, 0.6) is 0 Å². The maximum Gasteiger partial charge on any atom is 0.337 e. The van der Waals surface area contributed by atoms with E-state index in [1.54, 1.807) is 0 Å². The highest BCUT2D eigenvalue weighted by molar-refractivity contribution is 5.93. The average Bonchev–Trinajstić information content (AvgIpc) is 3.19. The first kappa shape index (κ1) is 17.7. The molecule has 1 heterocycles. The topological polar surface area (TPSA) is 66.8 Å². The molecular formula is C20H30O4. The van der Waals surface area contributed by atoms with Crippen LogP contribution in [0.15, 0.2) is 22.8 Å². The van der Waals surface area contributed by atoms with E-state index in [4.69, 9.17) is 4.74 Å². The number of cyclic esters (lactones) is 1. The minimum Gasteiger partial charge on any atom is -0.428 e. The molecule has 0 aromatic carbocycles. The predicted molar refractivity (Wildman–Crippen MR) is 91.8 cm³/mol. The maximum atomic E-state index is 12.3. The lowest BCUT2D eigenvalue weighted by Gasteiger charge is -2.34. The van der Waals surface area contributed by atoms with E-state index in [-0.39, 0.29) is 23.7 Å². The van der Waals surface area contributed by atoms with Crippen molar-refractivity contribution in [3.8, 4) is 0 Å². The van der Waals surface area contributed by atoms with Crippen LogP contribution >= 0.6 is 0 Å². The summed E-state index contributed by atoms with van der Waals surface area (Å²) in [5.74, 6) is 0.692. The summed E-state index contributed by atoms with van der Waals surface area (Å²) in [6.07, 6.45) is 4.08. The SMILES string of the molecule is CC(C)=CCCC(C)C1C2=C(C(=O)O[C@H]2O)[C@@H]2C[C@@H]2[C@@H](C)C[C@@H]1O. The van der Waals surface area contributed by atoms with E-state index in [9.17, 15) is 15.0 Å². The normalized spacial score (nSPS) is 39.3.